The number of rotatable bonds is 2. The molecule has 0 spiro atoms. The zero-order valence-electron chi connectivity index (χ0n) is 13.4. The van der Waals surface area contributed by atoms with E-state index >= 15 is 0 Å². The first-order valence-electron chi connectivity index (χ1n) is 7.64. The molecule has 3 amide bonds. The number of nitrogens with zero attached hydrogens (tertiary/aromatic N) is 1. The van der Waals surface area contributed by atoms with Crippen molar-refractivity contribution in [1.82, 2.24) is 10.4 Å². The predicted octanol–water partition coefficient (Wildman–Crippen LogP) is 2.80. The van der Waals surface area contributed by atoms with Gasteiger partial charge in [0.1, 0.15) is 0 Å². The van der Waals surface area contributed by atoms with Gasteiger partial charge in [-0.15, -0.1) is 0 Å². The summed E-state index contributed by atoms with van der Waals surface area (Å²) in [4.78, 5) is 37.9. The van der Waals surface area contributed by atoms with Crippen molar-refractivity contribution >= 4 is 29.3 Å². The Hall–Kier alpha value is -1.88. The molecular formula is C17H19ClN2O3. The molecule has 1 aromatic rings. The van der Waals surface area contributed by atoms with Crippen LogP contribution in [0.5, 0.6) is 0 Å². The molecule has 6 heteroatoms. The SMILES string of the molecule is CC1(C)[C@@H]2CC[C@]1(C)C(=O)N(NC(=O)c1ccccc1Cl)C2=O. The van der Waals surface area contributed by atoms with E-state index < -0.39 is 16.7 Å². The highest BCUT2D eigenvalue weighted by Gasteiger charge is 2.64. The summed E-state index contributed by atoms with van der Waals surface area (Å²) in [6.07, 6.45) is 1.31. The van der Waals surface area contributed by atoms with Crippen molar-refractivity contribution in [2.45, 2.75) is 33.6 Å². The number of benzene rings is 1. The second kappa shape index (κ2) is 5.06. The second-order valence-corrected chi connectivity index (χ2v) is 7.45. The van der Waals surface area contributed by atoms with Crippen LogP contribution < -0.4 is 5.43 Å². The van der Waals surface area contributed by atoms with Crippen LogP contribution in [-0.2, 0) is 9.59 Å². The van der Waals surface area contributed by atoms with Crippen LogP contribution in [-0.4, -0.2) is 22.7 Å². The van der Waals surface area contributed by atoms with Gasteiger partial charge in [0.2, 0.25) is 0 Å². The van der Waals surface area contributed by atoms with Gasteiger partial charge < -0.3 is 0 Å². The number of hydrogen-bond donors (Lipinski definition) is 1. The van der Waals surface area contributed by atoms with Gasteiger partial charge in [0.05, 0.1) is 16.0 Å². The summed E-state index contributed by atoms with van der Waals surface area (Å²) in [6.45, 7) is 5.78. The Morgan fingerprint density at radius 2 is 1.91 bits per heavy atom. The van der Waals surface area contributed by atoms with Crippen molar-refractivity contribution in [3.8, 4) is 0 Å². The zero-order chi connectivity index (χ0) is 17.0. The van der Waals surface area contributed by atoms with Crippen LogP contribution in [0.1, 0.15) is 44.0 Å². The lowest BCUT2D eigenvalue weighted by Gasteiger charge is -2.47. The first-order chi connectivity index (χ1) is 10.7. The van der Waals surface area contributed by atoms with Gasteiger partial charge in [0.15, 0.2) is 0 Å². The second-order valence-electron chi connectivity index (χ2n) is 7.04. The highest BCUT2D eigenvalue weighted by Crippen LogP contribution is 2.59. The number of halogens is 1. The number of piperidine rings is 1. The van der Waals surface area contributed by atoms with E-state index in [0.29, 0.717) is 12.8 Å². The highest BCUT2D eigenvalue weighted by atomic mass is 35.5. The van der Waals surface area contributed by atoms with Crippen LogP contribution in [0.15, 0.2) is 24.3 Å². The van der Waals surface area contributed by atoms with Crippen LogP contribution in [0.25, 0.3) is 0 Å². The van der Waals surface area contributed by atoms with Gasteiger partial charge in [0, 0.05) is 5.92 Å². The molecule has 1 aromatic carbocycles. The van der Waals surface area contributed by atoms with Crippen molar-refractivity contribution in [3.63, 3.8) is 0 Å². The summed E-state index contributed by atoms with van der Waals surface area (Å²) >= 11 is 6.00. The maximum Gasteiger partial charge on any atom is 0.271 e. The fourth-order valence-corrected chi connectivity index (χ4v) is 3.95. The smallest absolute Gasteiger partial charge is 0.271 e. The normalized spacial score (nSPS) is 28.9. The minimum absolute atomic E-state index is 0.233. The van der Waals surface area contributed by atoms with Crippen molar-refractivity contribution < 1.29 is 14.4 Å². The maximum atomic E-state index is 12.8. The molecule has 2 fully saturated rings. The predicted molar refractivity (Wildman–Crippen MR) is 85.4 cm³/mol. The van der Waals surface area contributed by atoms with Gasteiger partial charge >= 0.3 is 0 Å². The van der Waals surface area contributed by atoms with E-state index in [9.17, 15) is 14.4 Å². The Balaban J connectivity index is 1.90. The molecule has 3 rings (SSSR count). The number of hydrogen-bond acceptors (Lipinski definition) is 3. The molecule has 0 aromatic heterocycles. The van der Waals surface area contributed by atoms with Crippen LogP contribution in [0.4, 0.5) is 0 Å². The molecule has 2 bridgehead atoms. The molecule has 1 saturated heterocycles. The molecule has 23 heavy (non-hydrogen) atoms. The van der Waals surface area contributed by atoms with Gasteiger partial charge in [-0.2, -0.15) is 5.01 Å². The van der Waals surface area contributed by atoms with E-state index in [2.05, 4.69) is 5.43 Å². The third-order valence-corrected chi connectivity index (χ3v) is 6.08. The standard InChI is InChI=1S/C17H19ClN2O3/c1-16(2)11-8-9-17(16,3)15(23)20(14(11)22)19-13(21)10-6-4-5-7-12(10)18/h4-7,11H,8-9H2,1-3H3,(H,19,21)/t11-,17-/m1/s1. The molecule has 1 saturated carbocycles. The fourth-order valence-electron chi connectivity index (χ4n) is 3.73. The topological polar surface area (TPSA) is 66.5 Å². The number of carbonyl (C=O) groups excluding carboxylic acids is 3. The Morgan fingerprint density at radius 3 is 2.57 bits per heavy atom. The van der Waals surface area contributed by atoms with E-state index in [1.54, 1.807) is 24.3 Å². The lowest BCUT2D eigenvalue weighted by molar-refractivity contribution is -0.171. The average molecular weight is 335 g/mol. The molecule has 0 unspecified atom stereocenters. The summed E-state index contributed by atoms with van der Waals surface area (Å²) in [5.74, 6) is -1.51. The third kappa shape index (κ3) is 2.10. The molecule has 1 N–H and O–H groups in total. The third-order valence-electron chi connectivity index (χ3n) is 5.75. The van der Waals surface area contributed by atoms with Crippen molar-refractivity contribution in [2.24, 2.45) is 16.7 Å². The molecule has 2 aliphatic rings. The van der Waals surface area contributed by atoms with Crippen molar-refractivity contribution in [3.05, 3.63) is 34.9 Å². The summed E-state index contributed by atoms with van der Waals surface area (Å²) in [6, 6.07) is 6.52. The Bertz CT molecular complexity index is 716. The van der Waals surface area contributed by atoms with E-state index in [-0.39, 0.29) is 28.3 Å². The average Bonchev–Trinajstić information content (AvgIpc) is 2.69. The quantitative estimate of drug-likeness (QED) is 0.846. The van der Waals surface area contributed by atoms with Gasteiger partial charge in [-0.1, -0.05) is 44.5 Å². The first-order valence-corrected chi connectivity index (χ1v) is 8.02. The van der Waals surface area contributed by atoms with Gasteiger partial charge in [0.25, 0.3) is 17.7 Å². The number of fused-ring (bicyclic) bond motifs is 2. The summed E-state index contributed by atoms with van der Waals surface area (Å²) in [5.41, 5.74) is 1.62. The lowest BCUT2D eigenvalue weighted by Crippen LogP contribution is -2.64. The number of imide groups is 1. The Kier molecular flexibility index (Phi) is 3.52. The number of carbonyl (C=O) groups is 3. The van der Waals surface area contributed by atoms with E-state index in [0.717, 1.165) is 5.01 Å². The van der Waals surface area contributed by atoms with Crippen LogP contribution in [0, 0.1) is 16.7 Å². The van der Waals surface area contributed by atoms with Gasteiger partial charge in [-0.3, -0.25) is 19.8 Å². The van der Waals surface area contributed by atoms with Crippen LogP contribution in [0.2, 0.25) is 5.02 Å². The number of hydrazine groups is 1. The number of amides is 3. The molecule has 5 nitrogen and oxygen atoms in total. The van der Waals surface area contributed by atoms with Gasteiger partial charge in [-0.05, 0) is 30.4 Å². The lowest BCUT2D eigenvalue weighted by atomic mass is 9.63. The summed E-state index contributed by atoms with van der Waals surface area (Å²) in [5, 5.41) is 1.17. The van der Waals surface area contributed by atoms with Crippen LogP contribution >= 0.6 is 11.6 Å². The minimum Gasteiger partial charge on any atom is -0.272 e. The molecule has 2 atom stereocenters. The summed E-state index contributed by atoms with van der Waals surface area (Å²) in [7, 11) is 0. The molecular weight excluding hydrogens is 316 g/mol. The van der Waals surface area contributed by atoms with Crippen molar-refractivity contribution in [2.75, 3.05) is 0 Å². The Morgan fingerprint density at radius 1 is 1.26 bits per heavy atom. The maximum absolute atomic E-state index is 12.8. The largest absolute Gasteiger partial charge is 0.272 e. The molecule has 1 heterocycles. The molecule has 1 aliphatic heterocycles. The molecule has 0 radical (unpaired) electrons. The minimum atomic E-state index is -0.653. The monoisotopic (exact) mass is 334 g/mol. The van der Waals surface area contributed by atoms with Gasteiger partial charge in [-0.25, -0.2) is 0 Å². The zero-order valence-corrected chi connectivity index (χ0v) is 14.1. The summed E-state index contributed by atoms with van der Waals surface area (Å²) < 4.78 is 0. The number of nitrogens with one attached hydrogen (secondary N) is 1. The fraction of sp³-hybridized carbons (Fsp3) is 0.471. The first kappa shape index (κ1) is 16.0. The molecule has 122 valence electrons. The van der Waals surface area contributed by atoms with E-state index in [1.807, 2.05) is 20.8 Å². The van der Waals surface area contributed by atoms with Crippen LogP contribution in [0.3, 0.4) is 0 Å². The highest BCUT2D eigenvalue weighted by molar-refractivity contribution is 6.33. The Labute approximate surface area is 140 Å². The van der Waals surface area contributed by atoms with E-state index in [1.165, 1.54) is 0 Å². The van der Waals surface area contributed by atoms with Crippen molar-refractivity contribution in [1.29, 1.82) is 0 Å². The molecule has 1 aliphatic carbocycles. The van der Waals surface area contributed by atoms with E-state index in [4.69, 9.17) is 11.6 Å².